The van der Waals surface area contributed by atoms with Gasteiger partial charge in [-0.25, -0.2) is 4.79 Å². The lowest BCUT2D eigenvalue weighted by molar-refractivity contribution is -0.142. The molecule has 0 aliphatic heterocycles. The molecule has 1 rings (SSSR count). The van der Waals surface area contributed by atoms with E-state index in [1.54, 1.807) is 26.0 Å². The Morgan fingerprint density at radius 2 is 1.44 bits per heavy atom. The lowest BCUT2D eigenvalue weighted by Crippen LogP contribution is -2.58. The van der Waals surface area contributed by atoms with Gasteiger partial charge in [0.15, 0.2) is 0 Å². The lowest BCUT2D eigenvalue weighted by atomic mass is 10.00. The molecule has 0 aliphatic carbocycles. The summed E-state index contributed by atoms with van der Waals surface area (Å²) >= 11 is 0. The Hall–Kier alpha value is -3.67. The third kappa shape index (κ3) is 9.45. The predicted octanol–water partition coefficient (Wildman–Crippen LogP) is -1.26. The summed E-state index contributed by atoms with van der Waals surface area (Å²) < 4.78 is 0. The summed E-state index contributed by atoms with van der Waals surface area (Å²) in [7, 11) is 0. The molecular formula is C22H33N5O7. The highest BCUT2D eigenvalue weighted by molar-refractivity contribution is 5.94. The van der Waals surface area contributed by atoms with Gasteiger partial charge >= 0.3 is 5.97 Å². The average molecular weight is 480 g/mol. The number of hydrogen-bond donors (Lipinski definition) is 7. The number of carbonyl (C=O) groups is 5. The van der Waals surface area contributed by atoms with Crippen LogP contribution >= 0.6 is 0 Å². The molecule has 0 saturated carbocycles. The fraction of sp³-hybridized carbons (Fsp3) is 0.500. The second-order valence-corrected chi connectivity index (χ2v) is 8.36. The first-order chi connectivity index (χ1) is 15.8. The summed E-state index contributed by atoms with van der Waals surface area (Å²) in [6.45, 7) is 4.86. The van der Waals surface area contributed by atoms with Crippen molar-refractivity contribution in [2.24, 2.45) is 17.4 Å². The fourth-order valence-corrected chi connectivity index (χ4v) is 2.97. The van der Waals surface area contributed by atoms with Gasteiger partial charge in [0.25, 0.3) is 0 Å². The highest BCUT2D eigenvalue weighted by Crippen LogP contribution is 2.12. The van der Waals surface area contributed by atoms with Crippen molar-refractivity contribution in [2.45, 2.75) is 64.2 Å². The molecule has 12 nitrogen and oxygen atoms in total. The zero-order valence-electron chi connectivity index (χ0n) is 19.4. The summed E-state index contributed by atoms with van der Waals surface area (Å²) in [6.07, 6.45) is -0.521. The van der Waals surface area contributed by atoms with E-state index in [1.165, 1.54) is 19.1 Å². The molecule has 0 aliphatic rings. The van der Waals surface area contributed by atoms with Crippen molar-refractivity contribution < 1.29 is 34.2 Å². The monoisotopic (exact) mass is 479 g/mol. The molecule has 1 aromatic rings. The number of phenolic OH excluding ortho intramolecular Hbond substituents is 1. The summed E-state index contributed by atoms with van der Waals surface area (Å²) in [5.41, 5.74) is 11.2. The van der Waals surface area contributed by atoms with Gasteiger partial charge in [-0.15, -0.1) is 0 Å². The number of nitrogens with two attached hydrogens (primary N) is 2. The smallest absolute Gasteiger partial charge is 0.326 e. The van der Waals surface area contributed by atoms with E-state index in [0.717, 1.165) is 0 Å². The van der Waals surface area contributed by atoms with Crippen molar-refractivity contribution >= 4 is 29.6 Å². The van der Waals surface area contributed by atoms with Crippen LogP contribution in [0.4, 0.5) is 0 Å². The van der Waals surface area contributed by atoms with Crippen molar-refractivity contribution in [1.82, 2.24) is 16.0 Å². The average Bonchev–Trinajstić information content (AvgIpc) is 2.74. The maximum atomic E-state index is 13.0. The number of hydrogen-bond acceptors (Lipinski definition) is 7. The third-order valence-corrected chi connectivity index (χ3v) is 4.96. The normalized spacial score (nSPS) is 14.4. The Morgan fingerprint density at radius 1 is 0.882 bits per heavy atom. The molecule has 1 aromatic carbocycles. The van der Waals surface area contributed by atoms with Crippen molar-refractivity contribution in [3.8, 4) is 5.75 Å². The summed E-state index contributed by atoms with van der Waals surface area (Å²) in [6, 6.07) is 1.41. The maximum Gasteiger partial charge on any atom is 0.326 e. The van der Waals surface area contributed by atoms with Crippen molar-refractivity contribution in [2.75, 3.05) is 0 Å². The Morgan fingerprint density at radius 3 is 1.91 bits per heavy atom. The number of amides is 4. The minimum absolute atomic E-state index is 0.00432. The molecule has 12 heteroatoms. The van der Waals surface area contributed by atoms with E-state index in [4.69, 9.17) is 11.5 Å². The quantitative estimate of drug-likeness (QED) is 0.181. The molecule has 4 atom stereocenters. The second kappa shape index (κ2) is 13.1. The lowest BCUT2D eigenvalue weighted by Gasteiger charge is -2.26. The fourth-order valence-electron chi connectivity index (χ4n) is 2.97. The van der Waals surface area contributed by atoms with E-state index in [-0.39, 0.29) is 30.9 Å². The number of primary amides is 1. The van der Waals surface area contributed by atoms with Crippen LogP contribution in [-0.2, 0) is 30.4 Å². The van der Waals surface area contributed by atoms with Crippen molar-refractivity contribution in [3.05, 3.63) is 29.8 Å². The minimum atomic E-state index is -1.40. The van der Waals surface area contributed by atoms with E-state index in [9.17, 15) is 34.2 Å². The van der Waals surface area contributed by atoms with E-state index in [2.05, 4.69) is 16.0 Å². The largest absolute Gasteiger partial charge is 0.508 e. The van der Waals surface area contributed by atoms with Crippen LogP contribution < -0.4 is 27.4 Å². The zero-order valence-corrected chi connectivity index (χ0v) is 19.4. The Kier molecular flexibility index (Phi) is 11.0. The van der Waals surface area contributed by atoms with Crippen LogP contribution in [-0.4, -0.2) is 64.0 Å². The van der Waals surface area contributed by atoms with Gasteiger partial charge in [0, 0.05) is 12.8 Å². The molecule has 4 unspecified atom stereocenters. The van der Waals surface area contributed by atoms with Crippen LogP contribution in [0.15, 0.2) is 24.3 Å². The van der Waals surface area contributed by atoms with E-state index < -0.39 is 53.8 Å². The van der Waals surface area contributed by atoms with Crippen LogP contribution in [0.5, 0.6) is 5.75 Å². The number of aliphatic carboxylic acids is 1. The van der Waals surface area contributed by atoms with Gasteiger partial charge in [-0.3, -0.25) is 19.2 Å². The number of aromatic hydroxyl groups is 1. The summed E-state index contributed by atoms with van der Waals surface area (Å²) in [5, 5.41) is 26.3. The molecule has 0 fully saturated rings. The molecule has 0 bridgehead atoms. The van der Waals surface area contributed by atoms with Gasteiger partial charge < -0.3 is 37.6 Å². The number of carbonyl (C=O) groups excluding carboxylic acids is 4. The molecule has 0 saturated heterocycles. The summed E-state index contributed by atoms with van der Waals surface area (Å²) in [5.74, 6) is -4.45. The zero-order chi connectivity index (χ0) is 26.0. The van der Waals surface area contributed by atoms with Crippen LogP contribution in [0.1, 0.15) is 39.2 Å². The molecule has 0 radical (unpaired) electrons. The number of phenols is 1. The first kappa shape index (κ1) is 28.4. The van der Waals surface area contributed by atoms with Crippen molar-refractivity contribution in [1.29, 1.82) is 0 Å². The van der Waals surface area contributed by atoms with Crippen LogP contribution in [0.2, 0.25) is 0 Å². The van der Waals surface area contributed by atoms with Crippen LogP contribution in [0.3, 0.4) is 0 Å². The van der Waals surface area contributed by atoms with Gasteiger partial charge in [0.2, 0.25) is 23.6 Å². The van der Waals surface area contributed by atoms with E-state index in [1.807, 2.05) is 0 Å². The Balaban J connectivity index is 3.12. The second-order valence-electron chi connectivity index (χ2n) is 8.36. The molecular weight excluding hydrogens is 446 g/mol. The SMILES string of the molecule is CC(N)C(=O)NC(C(=O)NC(Cc1ccc(O)cc1)C(=O)NC(CCC(N)=O)C(=O)O)C(C)C. The third-order valence-electron chi connectivity index (χ3n) is 4.96. The molecule has 34 heavy (non-hydrogen) atoms. The van der Waals surface area contributed by atoms with Gasteiger partial charge in [-0.2, -0.15) is 0 Å². The van der Waals surface area contributed by atoms with E-state index >= 15 is 0 Å². The number of nitrogens with one attached hydrogen (secondary N) is 3. The number of carboxylic acid groups (broad SMARTS) is 1. The van der Waals surface area contributed by atoms with Crippen LogP contribution in [0.25, 0.3) is 0 Å². The minimum Gasteiger partial charge on any atom is -0.508 e. The molecule has 0 heterocycles. The Bertz CT molecular complexity index is 886. The Labute approximate surface area is 197 Å². The number of rotatable bonds is 13. The number of carboxylic acids is 1. The predicted molar refractivity (Wildman–Crippen MR) is 122 cm³/mol. The first-order valence-electron chi connectivity index (χ1n) is 10.8. The molecule has 188 valence electrons. The standard InChI is InChI=1S/C22H33N5O7/c1-11(2)18(27-19(30)12(3)23)21(32)26-16(10-13-4-6-14(28)7-5-13)20(31)25-15(22(33)34)8-9-17(24)29/h4-7,11-12,15-16,18,28H,8-10,23H2,1-3H3,(H2,24,29)(H,25,31)(H,26,32)(H,27,30)(H,33,34). The van der Waals surface area contributed by atoms with Gasteiger partial charge in [0.05, 0.1) is 6.04 Å². The van der Waals surface area contributed by atoms with E-state index in [0.29, 0.717) is 5.56 Å². The van der Waals surface area contributed by atoms with Gasteiger partial charge in [-0.05, 0) is 37.0 Å². The van der Waals surface area contributed by atoms with Crippen LogP contribution in [0, 0.1) is 5.92 Å². The molecule has 0 aromatic heterocycles. The first-order valence-corrected chi connectivity index (χ1v) is 10.8. The highest BCUT2D eigenvalue weighted by atomic mass is 16.4. The van der Waals surface area contributed by atoms with Crippen molar-refractivity contribution in [3.63, 3.8) is 0 Å². The molecule has 9 N–H and O–H groups in total. The van der Waals surface area contributed by atoms with Gasteiger partial charge in [-0.1, -0.05) is 26.0 Å². The topological polar surface area (TPSA) is 214 Å². The summed E-state index contributed by atoms with van der Waals surface area (Å²) in [4.78, 5) is 60.5. The highest BCUT2D eigenvalue weighted by Gasteiger charge is 2.31. The van der Waals surface area contributed by atoms with Gasteiger partial charge in [0.1, 0.15) is 23.9 Å². The maximum absolute atomic E-state index is 13.0. The molecule has 4 amide bonds. The number of benzene rings is 1. The molecule has 0 spiro atoms.